The Balaban J connectivity index is 2.79. The van der Waals surface area contributed by atoms with Gasteiger partial charge in [-0.2, -0.15) is 5.10 Å². The van der Waals surface area contributed by atoms with Gasteiger partial charge in [-0.05, 0) is 32.2 Å². The number of hydrogen-bond acceptors (Lipinski definition) is 4. The topological polar surface area (TPSA) is 86.9 Å². The maximum absolute atomic E-state index is 12.4. The maximum Gasteiger partial charge on any atom is 0.244 e. The van der Waals surface area contributed by atoms with Gasteiger partial charge in [0.15, 0.2) is 0 Å². The van der Waals surface area contributed by atoms with E-state index in [1.54, 1.807) is 6.92 Å². The number of H-pyrrole nitrogens is 1. The molecule has 1 aromatic heterocycles. The van der Waals surface area contributed by atoms with E-state index in [0.717, 1.165) is 19.4 Å². The van der Waals surface area contributed by atoms with Gasteiger partial charge in [0.25, 0.3) is 0 Å². The van der Waals surface area contributed by atoms with Crippen LogP contribution in [0.5, 0.6) is 0 Å². The van der Waals surface area contributed by atoms with E-state index < -0.39 is 10.0 Å². The zero-order valence-electron chi connectivity index (χ0n) is 12.8. The molecule has 0 aliphatic carbocycles. The summed E-state index contributed by atoms with van der Waals surface area (Å²) >= 11 is 0. The SMILES string of the molecule is CCCNCc1n[nH]c(C)c1S(=O)(=O)NCCC(C)C. The Bertz CT molecular complexity index is 508. The fourth-order valence-corrected chi connectivity index (χ4v) is 3.29. The molecule has 3 N–H and O–H groups in total. The van der Waals surface area contributed by atoms with Gasteiger partial charge in [-0.15, -0.1) is 0 Å². The number of nitrogens with zero attached hydrogens (tertiary/aromatic N) is 1. The third kappa shape index (κ3) is 4.88. The quantitative estimate of drug-likeness (QED) is 0.604. The van der Waals surface area contributed by atoms with E-state index >= 15 is 0 Å². The molecule has 0 spiro atoms. The van der Waals surface area contributed by atoms with E-state index in [1.165, 1.54) is 0 Å². The van der Waals surface area contributed by atoms with Crippen molar-refractivity contribution < 1.29 is 8.42 Å². The first-order valence-electron chi connectivity index (χ1n) is 7.12. The zero-order valence-corrected chi connectivity index (χ0v) is 13.6. The average Bonchev–Trinajstić information content (AvgIpc) is 2.71. The summed E-state index contributed by atoms with van der Waals surface area (Å²) < 4.78 is 27.3. The lowest BCUT2D eigenvalue weighted by Crippen LogP contribution is -2.27. The molecule has 0 unspecified atom stereocenters. The van der Waals surface area contributed by atoms with Crippen LogP contribution < -0.4 is 10.0 Å². The second-order valence-electron chi connectivity index (χ2n) is 5.38. The summed E-state index contributed by atoms with van der Waals surface area (Å²) in [4.78, 5) is 0.282. The second-order valence-corrected chi connectivity index (χ2v) is 7.09. The average molecular weight is 302 g/mol. The first-order chi connectivity index (χ1) is 9.38. The molecule has 0 saturated heterocycles. The van der Waals surface area contributed by atoms with Gasteiger partial charge in [-0.25, -0.2) is 13.1 Å². The number of nitrogens with one attached hydrogen (secondary N) is 3. The second kappa shape index (κ2) is 7.75. The predicted molar refractivity (Wildman–Crippen MR) is 80.0 cm³/mol. The highest BCUT2D eigenvalue weighted by atomic mass is 32.2. The van der Waals surface area contributed by atoms with E-state index in [0.29, 0.717) is 30.4 Å². The molecule has 0 amide bonds. The van der Waals surface area contributed by atoms with Gasteiger partial charge in [0.2, 0.25) is 10.0 Å². The Morgan fingerprint density at radius 3 is 2.60 bits per heavy atom. The standard InChI is InChI=1S/C13H26N4O2S/c1-5-7-14-9-12-13(11(4)16-17-12)20(18,19)15-8-6-10(2)3/h10,14-15H,5-9H2,1-4H3,(H,16,17). The number of sulfonamides is 1. The van der Waals surface area contributed by atoms with E-state index in [4.69, 9.17) is 0 Å². The van der Waals surface area contributed by atoms with Crippen molar-refractivity contribution in [3.05, 3.63) is 11.4 Å². The molecule has 1 aromatic rings. The van der Waals surface area contributed by atoms with E-state index in [9.17, 15) is 8.42 Å². The molecule has 0 aliphatic rings. The molecule has 0 fully saturated rings. The molecule has 0 saturated carbocycles. The Hall–Kier alpha value is -0.920. The van der Waals surface area contributed by atoms with E-state index in [2.05, 4.69) is 41.0 Å². The van der Waals surface area contributed by atoms with Crippen molar-refractivity contribution in [1.29, 1.82) is 0 Å². The van der Waals surface area contributed by atoms with Crippen LogP contribution in [0.25, 0.3) is 0 Å². The monoisotopic (exact) mass is 302 g/mol. The largest absolute Gasteiger partial charge is 0.311 e. The maximum atomic E-state index is 12.4. The summed E-state index contributed by atoms with van der Waals surface area (Å²) in [5.41, 5.74) is 1.13. The summed E-state index contributed by atoms with van der Waals surface area (Å²) in [5, 5.41) is 10.0. The molecule has 0 atom stereocenters. The van der Waals surface area contributed by atoms with Crippen LogP contribution in [0.2, 0.25) is 0 Å². The van der Waals surface area contributed by atoms with Gasteiger partial charge in [-0.1, -0.05) is 20.8 Å². The molecular weight excluding hydrogens is 276 g/mol. The van der Waals surface area contributed by atoms with E-state index in [-0.39, 0.29) is 4.90 Å². The summed E-state index contributed by atoms with van der Waals surface area (Å²) in [5.74, 6) is 0.467. The van der Waals surface area contributed by atoms with Crippen LogP contribution in [0.3, 0.4) is 0 Å². The number of aromatic amines is 1. The Kier molecular flexibility index (Phi) is 6.64. The lowest BCUT2D eigenvalue weighted by molar-refractivity contribution is 0.549. The molecule has 0 aliphatic heterocycles. The van der Waals surface area contributed by atoms with Crippen LogP contribution in [0.1, 0.15) is 45.0 Å². The molecule has 1 rings (SSSR count). The third-order valence-corrected chi connectivity index (χ3v) is 4.63. The summed E-state index contributed by atoms with van der Waals surface area (Å²) in [6.45, 7) is 9.67. The number of hydrogen-bond donors (Lipinski definition) is 3. The molecule has 1 heterocycles. The number of aryl methyl sites for hydroxylation is 1. The van der Waals surface area contributed by atoms with Crippen molar-refractivity contribution in [2.24, 2.45) is 5.92 Å². The third-order valence-electron chi connectivity index (χ3n) is 2.96. The van der Waals surface area contributed by atoms with Gasteiger partial charge >= 0.3 is 0 Å². The van der Waals surface area contributed by atoms with Gasteiger partial charge in [0.1, 0.15) is 4.90 Å². The van der Waals surface area contributed by atoms with Crippen LogP contribution in [0, 0.1) is 12.8 Å². The molecule has 7 heteroatoms. The Labute approximate surface area is 121 Å². The minimum atomic E-state index is -3.49. The Morgan fingerprint density at radius 2 is 2.00 bits per heavy atom. The fourth-order valence-electron chi connectivity index (χ4n) is 1.88. The van der Waals surface area contributed by atoms with Crippen LogP contribution >= 0.6 is 0 Å². The molecule has 20 heavy (non-hydrogen) atoms. The molecule has 0 aromatic carbocycles. The zero-order chi connectivity index (χ0) is 15.2. The molecule has 116 valence electrons. The number of rotatable bonds is 9. The fraction of sp³-hybridized carbons (Fsp3) is 0.769. The molecule has 6 nitrogen and oxygen atoms in total. The van der Waals surface area contributed by atoms with Crippen LogP contribution in [0.15, 0.2) is 4.90 Å². The first kappa shape index (κ1) is 17.1. The highest BCUT2D eigenvalue weighted by molar-refractivity contribution is 7.89. The van der Waals surface area contributed by atoms with Crippen LogP contribution in [-0.2, 0) is 16.6 Å². The molecular formula is C13H26N4O2S. The van der Waals surface area contributed by atoms with Crippen molar-refractivity contribution in [3.8, 4) is 0 Å². The van der Waals surface area contributed by atoms with Crippen molar-refractivity contribution >= 4 is 10.0 Å². The summed E-state index contributed by atoms with van der Waals surface area (Å²) in [6.07, 6.45) is 1.82. The van der Waals surface area contributed by atoms with Gasteiger partial charge < -0.3 is 5.32 Å². The summed E-state index contributed by atoms with van der Waals surface area (Å²) in [7, 11) is -3.49. The van der Waals surface area contributed by atoms with Crippen LogP contribution in [0.4, 0.5) is 0 Å². The first-order valence-corrected chi connectivity index (χ1v) is 8.61. The highest BCUT2D eigenvalue weighted by Crippen LogP contribution is 2.17. The van der Waals surface area contributed by atoms with Gasteiger partial charge in [0.05, 0.1) is 11.4 Å². The predicted octanol–water partition coefficient (Wildman–Crippen LogP) is 1.54. The van der Waals surface area contributed by atoms with Gasteiger partial charge in [-0.3, -0.25) is 5.10 Å². The highest BCUT2D eigenvalue weighted by Gasteiger charge is 2.23. The minimum Gasteiger partial charge on any atom is -0.311 e. The lowest BCUT2D eigenvalue weighted by atomic mass is 10.1. The van der Waals surface area contributed by atoms with Crippen molar-refractivity contribution in [2.45, 2.75) is 52.0 Å². The normalized spacial score (nSPS) is 12.2. The summed E-state index contributed by atoms with van der Waals surface area (Å²) in [6, 6.07) is 0. The smallest absolute Gasteiger partial charge is 0.244 e. The van der Waals surface area contributed by atoms with Crippen LogP contribution in [-0.4, -0.2) is 31.7 Å². The number of aromatic nitrogens is 2. The van der Waals surface area contributed by atoms with Crippen molar-refractivity contribution in [1.82, 2.24) is 20.2 Å². The lowest BCUT2D eigenvalue weighted by Gasteiger charge is -2.09. The molecule has 0 bridgehead atoms. The van der Waals surface area contributed by atoms with Crippen molar-refractivity contribution in [2.75, 3.05) is 13.1 Å². The minimum absolute atomic E-state index is 0.282. The molecule has 0 radical (unpaired) electrons. The van der Waals surface area contributed by atoms with Gasteiger partial charge in [0, 0.05) is 13.1 Å². The Morgan fingerprint density at radius 1 is 1.30 bits per heavy atom. The van der Waals surface area contributed by atoms with Crippen molar-refractivity contribution in [3.63, 3.8) is 0 Å². The van der Waals surface area contributed by atoms with E-state index in [1.807, 2.05) is 0 Å².